The normalized spacial score (nSPS) is 12.5. The van der Waals surface area contributed by atoms with Crippen LogP contribution in [0, 0.1) is 0 Å². The van der Waals surface area contributed by atoms with Crippen molar-refractivity contribution in [3.63, 3.8) is 0 Å². The number of hydrogen-bond donors (Lipinski definition) is 2. The number of aliphatic hydroxyl groups excluding tert-OH is 2. The van der Waals surface area contributed by atoms with Gasteiger partial charge >= 0.3 is 0 Å². The van der Waals surface area contributed by atoms with Gasteiger partial charge in [-0.15, -0.1) is 0 Å². The number of benzene rings is 2. The Balaban J connectivity index is 1.77. The molecule has 2 aromatic carbocycles. The minimum absolute atomic E-state index is 0.159. The molecule has 2 aromatic rings. The lowest BCUT2D eigenvalue weighted by Gasteiger charge is -2.25. The van der Waals surface area contributed by atoms with Crippen LogP contribution in [0.1, 0.15) is 17.5 Å². The van der Waals surface area contributed by atoms with Crippen LogP contribution in [0.3, 0.4) is 0 Å². The zero-order chi connectivity index (χ0) is 17.0. The summed E-state index contributed by atoms with van der Waals surface area (Å²) in [5.41, 5.74) is 2.30. The first-order chi connectivity index (χ1) is 11.8. The van der Waals surface area contributed by atoms with Gasteiger partial charge < -0.3 is 14.9 Å². The summed E-state index contributed by atoms with van der Waals surface area (Å²) >= 11 is 0. The summed E-state index contributed by atoms with van der Waals surface area (Å²) < 4.78 is 5.61. The Morgan fingerprint density at radius 3 is 2.17 bits per heavy atom. The minimum Gasteiger partial charge on any atom is -0.396 e. The van der Waals surface area contributed by atoms with Gasteiger partial charge in [-0.3, -0.25) is 4.90 Å². The molecule has 130 valence electrons. The van der Waals surface area contributed by atoms with Crippen molar-refractivity contribution in [3.05, 3.63) is 71.8 Å². The summed E-state index contributed by atoms with van der Waals surface area (Å²) in [7, 11) is 0. The topological polar surface area (TPSA) is 52.9 Å². The Hall–Kier alpha value is -1.72. The van der Waals surface area contributed by atoms with Crippen LogP contribution in [0.15, 0.2) is 60.7 Å². The lowest BCUT2D eigenvalue weighted by Crippen LogP contribution is -2.35. The molecule has 0 unspecified atom stereocenters. The second-order valence-corrected chi connectivity index (χ2v) is 5.95. The van der Waals surface area contributed by atoms with Gasteiger partial charge in [0.1, 0.15) is 0 Å². The molecular formula is C20H27NO3. The smallest absolute Gasteiger partial charge is 0.0900 e. The van der Waals surface area contributed by atoms with Gasteiger partial charge in [0.15, 0.2) is 0 Å². The molecule has 0 aliphatic carbocycles. The van der Waals surface area contributed by atoms with Gasteiger partial charge in [0.05, 0.1) is 19.3 Å². The molecule has 24 heavy (non-hydrogen) atoms. The van der Waals surface area contributed by atoms with Crippen molar-refractivity contribution in [2.75, 3.05) is 26.3 Å². The number of rotatable bonds is 11. The average molecular weight is 329 g/mol. The highest BCUT2D eigenvalue weighted by Crippen LogP contribution is 2.07. The molecule has 0 spiro atoms. The summed E-state index contributed by atoms with van der Waals surface area (Å²) in [6.07, 6.45) is 0.154. The maximum Gasteiger partial charge on any atom is 0.0900 e. The van der Waals surface area contributed by atoms with Gasteiger partial charge in [0.25, 0.3) is 0 Å². The highest BCUT2D eigenvalue weighted by molar-refractivity contribution is 5.14. The van der Waals surface area contributed by atoms with E-state index in [4.69, 9.17) is 9.84 Å². The van der Waals surface area contributed by atoms with Crippen molar-refractivity contribution >= 4 is 0 Å². The fraction of sp³-hybridized carbons (Fsp3) is 0.400. The van der Waals surface area contributed by atoms with Crippen LogP contribution in [-0.2, 0) is 17.9 Å². The van der Waals surface area contributed by atoms with E-state index in [1.165, 1.54) is 5.56 Å². The Kier molecular flexibility index (Phi) is 8.49. The number of nitrogens with zero attached hydrogens (tertiary/aromatic N) is 1. The Labute approximate surface area is 144 Å². The first kappa shape index (κ1) is 18.6. The van der Waals surface area contributed by atoms with E-state index in [0.717, 1.165) is 18.7 Å². The fourth-order valence-corrected chi connectivity index (χ4v) is 2.61. The van der Waals surface area contributed by atoms with Crippen molar-refractivity contribution in [1.82, 2.24) is 4.90 Å². The largest absolute Gasteiger partial charge is 0.396 e. The van der Waals surface area contributed by atoms with Gasteiger partial charge in [-0.2, -0.15) is 0 Å². The molecule has 0 aliphatic rings. The molecule has 0 aromatic heterocycles. The summed E-state index contributed by atoms with van der Waals surface area (Å²) in [4.78, 5) is 2.15. The molecule has 4 heteroatoms. The summed E-state index contributed by atoms with van der Waals surface area (Å²) in [6, 6.07) is 20.1. The monoisotopic (exact) mass is 329 g/mol. The molecule has 1 atom stereocenters. The van der Waals surface area contributed by atoms with Gasteiger partial charge in [-0.25, -0.2) is 0 Å². The Bertz CT molecular complexity index is 547. The van der Waals surface area contributed by atoms with Gasteiger partial charge in [-0.05, 0) is 17.5 Å². The molecule has 0 saturated heterocycles. The van der Waals surface area contributed by atoms with Crippen LogP contribution in [0.5, 0.6) is 0 Å². The Morgan fingerprint density at radius 2 is 1.54 bits per heavy atom. The molecule has 0 saturated carbocycles. The molecule has 0 radical (unpaired) electrons. The highest BCUT2D eigenvalue weighted by atomic mass is 16.5. The maximum atomic E-state index is 10.2. The van der Waals surface area contributed by atoms with Gasteiger partial charge in [-0.1, -0.05) is 60.7 Å². The molecule has 0 fully saturated rings. The van der Waals surface area contributed by atoms with Crippen molar-refractivity contribution in [2.45, 2.75) is 25.7 Å². The third-order valence-electron chi connectivity index (χ3n) is 3.77. The minimum atomic E-state index is -0.545. The van der Waals surface area contributed by atoms with E-state index in [-0.39, 0.29) is 6.61 Å². The van der Waals surface area contributed by atoms with E-state index in [1.54, 1.807) is 0 Å². The van der Waals surface area contributed by atoms with Crippen LogP contribution < -0.4 is 0 Å². The van der Waals surface area contributed by atoms with E-state index < -0.39 is 6.10 Å². The Morgan fingerprint density at radius 1 is 0.917 bits per heavy atom. The van der Waals surface area contributed by atoms with Crippen molar-refractivity contribution in [1.29, 1.82) is 0 Å². The van der Waals surface area contributed by atoms with E-state index in [1.807, 2.05) is 48.5 Å². The zero-order valence-electron chi connectivity index (χ0n) is 14.1. The van der Waals surface area contributed by atoms with E-state index >= 15 is 0 Å². The zero-order valence-corrected chi connectivity index (χ0v) is 14.1. The third-order valence-corrected chi connectivity index (χ3v) is 3.77. The van der Waals surface area contributed by atoms with Crippen molar-refractivity contribution in [3.8, 4) is 0 Å². The first-order valence-corrected chi connectivity index (χ1v) is 8.45. The predicted molar refractivity (Wildman–Crippen MR) is 95.5 cm³/mol. The van der Waals surface area contributed by atoms with Gasteiger partial charge in [0, 0.05) is 26.2 Å². The van der Waals surface area contributed by atoms with Gasteiger partial charge in [0.2, 0.25) is 0 Å². The maximum absolute atomic E-state index is 10.2. The first-order valence-electron chi connectivity index (χ1n) is 8.45. The molecule has 0 bridgehead atoms. The van der Waals surface area contributed by atoms with E-state index in [2.05, 4.69) is 17.0 Å². The van der Waals surface area contributed by atoms with E-state index in [9.17, 15) is 5.11 Å². The van der Waals surface area contributed by atoms with Crippen LogP contribution in [0.4, 0.5) is 0 Å². The van der Waals surface area contributed by atoms with Crippen LogP contribution >= 0.6 is 0 Å². The molecule has 0 aliphatic heterocycles. The quantitative estimate of drug-likeness (QED) is 0.665. The highest BCUT2D eigenvalue weighted by Gasteiger charge is 2.12. The van der Waals surface area contributed by atoms with Crippen LogP contribution in [0.25, 0.3) is 0 Å². The second kappa shape index (κ2) is 10.9. The molecule has 2 N–H and O–H groups in total. The molecule has 0 amide bonds. The van der Waals surface area contributed by atoms with Crippen molar-refractivity contribution < 1.29 is 14.9 Å². The molecular weight excluding hydrogens is 302 g/mol. The van der Waals surface area contributed by atoms with Crippen molar-refractivity contribution in [2.24, 2.45) is 0 Å². The lowest BCUT2D eigenvalue weighted by molar-refractivity contribution is 0.00773. The predicted octanol–water partition coefficient (Wildman–Crippen LogP) is 2.45. The standard InChI is InChI=1S/C20H27NO3/c22-13-7-12-21(14-18-8-3-1-4-9-18)15-20(23)17-24-16-19-10-5-2-6-11-19/h1-6,8-11,20,22-23H,7,12-17H2/t20-/m0/s1. The molecule has 0 heterocycles. The summed E-state index contributed by atoms with van der Waals surface area (Å²) in [5.74, 6) is 0. The second-order valence-electron chi connectivity index (χ2n) is 5.95. The summed E-state index contributed by atoms with van der Waals surface area (Å²) in [5, 5.41) is 19.3. The number of hydrogen-bond acceptors (Lipinski definition) is 4. The lowest BCUT2D eigenvalue weighted by atomic mass is 10.2. The summed E-state index contributed by atoms with van der Waals surface area (Å²) in [6.45, 7) is 3.01. The number of ether oxygens (including phenoxy) is 1. The molecule has 4 nitrogen and oxygen atoms in total. The number of aliphatic hydroxyl groups is 2. The van der Waals surface area contributed by atoms with Crippen LogP contribution in [-0.4, -0.2) is 47.5 Å². The van der Waals surface area contributed by atoms with E-state index in [0.29, 0.717) is 26.2 Å². The molecule has 2 rings (SSSR count). The fourth-order valence-electron chi connectivity index (χ4n) is 2.61. The SMILES string of the molecule is OCCCN(Cc1ccccc1)C[C@H](O)COCc1ccccc1. The third kappa shape index (κ3) is 7.23. The van der Waals surface area contributed by atoms with Crippen LogP contribution in [0.2, 0.25) is 0 Å². The average Bonchev–Trinajstić information content (AvgIpc) is 2.61.